The van der Waals surface area contributed by atoms with Crippen molar-refractivity contribution in [1.29, 1.82) is 0 Å². The lowest BCUT2D eigenvalue weighted by Gasteiger charge is -2.13. The van der Waals surface area contributed by atoms with Gasteiger partial charge in [-0.25, -0.2) is 0 Å². The summed E-state index contributed by atoms with van der Waals surface area (Å²) in [6.45, 7) is 1.35. The molecule has 1 aliphatic heterocycles. The first-order valence-corrected chi connectivity index (χ1v) is 8.62. The third-order valence-electron chi connectivity index (χ3n) is 4.13. The molecule has 0 radical (unpaired) electrons. The van der Waals surface area contributed by atoms with Gasteiger partial charge in [-0.1, -0.05) is 0 Å². The minimum absolute atomic E-state index is 0.0751. The van der Waals surface area contributed by atoms with E-state index < -0.39 is 5.97 Å². The zero-order chi connectivity index (χ0) is 21.0. The predicted molar refractivity (Wildman–Crippen MR) is 103 cm³/mol. The Morgan fingerprint density at radius 3 is 2.38 bits per heavy atom. The van der Waals surface area contributed by atoms with Crippen molar-refractivity contribution in [3.63, 3.8) is 0 Å². The summed E-state index contributed by atoms with van der Waals surface area (Å²) in [5.74, 6) is 1.45. The molecule has 0 aliphatic carbocycles. The molecular weight excluding hydrogens is 380 g/mol. The quantitative estimate of drug-likeness (QED) is 0.303. The summed E-state index contributed by atoms with van der Waals surface area (Å²) in [5, 5.41) is 0. The van der Waals surface area contributed by atoms with Crippen molar-refractivity contribution >= 4 is 17.8 Å². The van der Waals surface area contributed by atoms with E-state index in [0.29, 0.717) is 39.9 Å². The van der Waals surface area contributed by atoms with Crippen molar-refractivity contribution in [2.75, 3.05) is 28.1 Å². The number of allylic oxidation sites excluding steroid dienone is 1. The van der Waals surface area contributed by atoms with E-state index in [9.17, 15) is 9.59 Å². The van der Waals surface area contributed by atoms with E-state index in [4.69, 9.17) is 28.4 Å². The summed E-state index contributed by atoms with van der Waals surface area (Å²) in [7, 11) is 4.43. The zero-order valence-corrected chi connectivity index (χ0v) is 16.4. The second kappa shape index (κ2) is 8.55. The molecule has 0 fully saturated rings. The molecule has 0 unspecified atom stereocenters. The van der Waals surface area contributed by atoms with Crippen LogP contribution in [0.5, 0.6) is 34.5 Å². The summed E-state index contributed by atoms with van der Waals surface area (Å²) in [5.41, 5.74) is 0.903. The number of methoxy groups -OCH3 is 3. The van der Waals surface area contributed by atoms with Gasteiger partial charge in [0.25, 0.3) is 0 Å². The van der Waals surface area contributed by atoms with Gasteiger partial charge in [-0.3, -0.25) is 9.59 Å². The van der Waals surface area contributed by atoms with Crippen molar-refractivity contribution in [3.8, 4) is 34.5 Å². The van der Waals surface area contributed by atoms with Gasteiger partial charge < -0.3 is 28.4 Å². The van der Waals surface area contributed by atoms with Gasteiger partial charge in [-0.05, 0) is 36.4 Å². The Kier molecular flexibility index (Phi) is 5.92. The first-order valence-electron chi connectivity index (χ1n) is 8.62. The first-order chi connectivity index (χ1) is 14.0. The molecule has 0 saturated carbocycles. The molecule has 0 atom stereocenters. The molecule has 1 aliphatic rings. The Balaban J connectivity index is 1.93. The lowest BCUT2D eigenvalue weighted by Crippen LogP contribution is -2.04. The molecule has 0 spiro atoms. The number of benzene rings is 2. The molecule has 0 saturated heterocycles. The van der Waals surface area contributed by atoms with Crippen LogP contribution in [0.3, 0.4) is 0 Å². The van der Waals surface area contributed by atoms with Crippen LogP contribution >= 0.6 is 0 Å². The predicted octanol–water partition coefficient (Wildman–Crippen LogP) is 3.26. The molecule has 1 heterocycles. The highest BCUT2D eigenvalue weighted by Crippen LogP contribution is 2.49. The molecule has 8 nitrogen and oxygen atoms in total. The van der Waals surface area contributed by atoms with Crippen molar-refractivity contribution in [3.05, 3.63) is 41.5 Å². The van der Waals surface area contributed by atoms with E-state index in [0.717, 1.165) is 0 Å². The highest BCUT2D eigenvalue weighted by atomic mass is 16.7. The summed E-state index contributed by atoms with van der Waals surface area (Å²) in [6.07, 6.45) is 2.96. The molecule has 0 aromatic heterocycles. The maximum absolute atomic E-state index is 12.6. The topological polar surface area (TPSA) is 89.5 Å². The summed E-state index contributed by atoms with van der Waals surface area (Å²) in [6, 6.07) is 6.29. The minimum Gasteiger partial charge on any atom is -0.493 e. The number of fused-ring (bicyclic) bond motifs is 1. The first kappa shape index (κ1) is 20.1. The van der Waals surface area contributed by atoms with Gasteiger partial charge in [-0.2, -0.15) is 0 Å². The Morgan fingerprint density at radius 2 is 1.72 bits per heavy atom. The fourth-order valence-corrected chi connectivity index (χ4v) is 2.86. The van der Waals surface area contributed by atoms with E-state index >= 15 is 0 Å². The van der Waals surface area contributed by atoms with Crippen LogP contribution in [0.15, 0.2) is 30.3 Å². The summed E-state index contributed by atoms with van der Waals surface area (Å²) < 4.78 is 31.9. The van der Waals surface area contributed by atoms with Gasteiger partial charge in [0.15, 0.2) is 28.8 Å². The number of carbonyl (C=O) groups excluding carboxylic acids is 2. The number of hydrogen-bond donors (Lipinski definition) is 0. The Labute approximate surface area is 167 Å². The van der Waals surface area contributed by atoms with Crippen molar-refractivity contribution < 1.29 is 38.0 Å². The smallest absolute Gasteiger partial charge is 0.308 e. The van der Waals surface area contributed by atoms with Crippen LogP contribution in [0, 0.1) is 0 Å². The molecule has 2 aromatic rings. The molecular formula is C21H20O8. The average Bonchev–Trinajstić information content (AvgIpc) is 3.18. The largest absolute Gasteiger partial charge is 0.493 e. The van der Waals surface area contributed by atoms with Crippen LogP contribution in [-0.4, -0.2) is 39.9 Å². The normalized spacial score (nSPS) is 12.0. The molecule has 3 rings (SSSR count). The molecule has 0 amide bonds. The fraction of sp³-hybridized carbons (Fsp3) is 0.238. The number of hydrogen-bond acceptors (Lipinski definition) is 8. The maximum atomic E-state index is 12.6. The van der Waals surface area contributed by atoms with Crippen LogP contribution < -0.4 is 28.4 Å². The van der Waals surface area contributed by atoms with Gasteiger partial charge in [0.2, 0.25) is 18.3 Å². The van der Waals surface area contributed by atoms with Gasteiger partial charge in [0, 0.05) is 18.1 Å². The SMILES string of the molecule is COc1ccc(C(=O)C=Cc2cc3c(c(OC)c2OC)OCO3)cc1OC(C)=O. The second-order valence-electron chi connectivity index (χ2n) is 5.92. The van der Waals surface area contributed by atoms with E-state index in [2.05, 4.69) is 0 Å². The number of esters is 1. The third kappa shape index (κ3) is 4.11. The Bertz CT molecular complexity index is 977. The molecule has 0 N–H and O–H groups in total. The fourth-order valence-electron chi connectivity index (χ4n) is 2.86. The molecule has 8 heteroatoms. The van der Waals surface area contributed by atoms with Crippen molar-refractivity contribution in [2.45, 2.75) is 6.92 Å². The third-order valence-corrected chi connectivity index (χ3v) is 4.13. The Hall–Kier alpha value is -3.68. The van der Waals surface area contributed by atoms with Crippen LogP contribution in [0.2, 0.25) is 0 Å². The number of ketones is 1. The number of ether oxygens (including phenoxy) is 6. The van der Waals surface area contributed by atoms with Crippen molar-refractivity contribution in [2.24, 2.45) is 0 Å². The van der Waals surface area contributed by atoms with E-state index in [1.165, 1.54) is 40.4 Å². The second-order valence-corrected chi connectivity index (χ2v) is 5.92. The standard InChI is InChI=1S/C21H20O8/c1-12(22)29-17-9-13(6-8-16(17)24-2)15(23)7-5-14-10-18-20(28-11-27-18)21(26-4)19(14)25-3/h5-10H,11H2,1-4H3. The number of rotatable bonds is 7. The van der Waals surface area contributed by atoms with Crippen LogP contribution in [0.1, 0.15) is 22.8 Å². The number of carbonyl (C=O) groups is 2. The summed E-state index contributed by atoms with van der Waals surface area (Å²) >= 11 is 0. The van der Waals surface area contributed by atoms with Gasteiger partial charge >= 0.3 is 5.97 Å². The van der Waals surface area contributed by atoms with E-state index in [-0.39, 0.29) is 18.3 Å². The van der Waals surface area contributed by atoms with Gasteiger partial charge in [0.1, 0.15) is 0 Å². The maximum Gasteiger partial charge on any atom is 0.308 e. The minimum atomic E-state index is -0.513. The van der Waals surface area contributed by atoms with E-state index in [1.807, 2.05) is 0 Å². The van der Waals surface area contributed by atoms with Crippen LogP contribution in [0.4, 0.5) is 0 Å². The van der Waals surface area contributed by atoms with Gasteiger partial charge in [0.05, 0.1) is 21.3 Å². The Morgan fingerprint density at radius 1 is 0.966 bits per heavy atom. The molecule has 152 valence electrons. The molecule has 29 heavy (non-hydrogen) atoms. The average molecular weight is 400 g/mol. The lowest BCUT2D eigenvalue weighted by atomic mass is 10.1. The van der Waals surface area contributed by atoms with Gasteiger partial charge in [-0.15, -0.1) is 0 Å². The van der Waals surface area contributed by atoms with E-state index in [1.54, 1.807) is 24.3 Å². The van der Waals surface area contributed by atoms with Crippen LogP contribution in [0.25, 0.3) is 6.08 Å². The highest BCUT2D eigenvalue weighted by Gasteiger charge is 2.25. The molecule has 0 bridgehead atoms. The van der Waals surface area contributed by atoms with Crippen molar-refractivity contribution in [1.82, 2.24) is 0 Å². The zero-order valence-electron chi connectivity index (χ0n) is 16.4. The lowest BCUT2D eigenvalue weighted by molar-refractivity contribution is -0.132. The molecule has 2 aromatic carbocycles. The van der Waals surface area contributed by atoms with Crippen LogP contribution in [-0.2, 0) is 4.79 Å². The monoisotopic (exact) mass is 400 g/mol. The summed E-state index contributed by atoms with van der Waals surface area (Å²) in [4.78, 5) is 23.9. The highest BCUT2D eigenvalue weighted by molar-refractivity contribution is 6.07.